The minimum Gasteiger partial charge on any atom is -0.457 e. The number of carbonyl (C=O) groups excluding carboxylic acids is 1. The van der Waals surface area contributed by atoms with Gasteiger partial charge in [-0.25, -0.2) is 4.57 Å². The van der Waals surface area contributed by atoms with Crippen molar-refractivity contribution in [1.82, 2.24) is 0 Å². The van der Waals surface area contributed by atoms with E-state index in [2.05, 4.69) is 50.3 Å². The maximum absolute atomic E-state index is 12.8. The molecule has 0 heterocycles. The minimum absolute atomic E-state index is 0.0838. The van der Waals surface area contributed by atoms with Crippen molar-refractivity contribution >= 4 is 13.8 Å². The Hall–Kier alpha value is -1.44. The van der Waals surface area contributed by atoms with Crippen molar-refractivity contribution in [2.45, 2.75) is 211 Å². The van der Waals surface area contributed by atoms with E-state index in [4.69, 9.17) is 18.5 Å². The van der Waals surface area contributed by atoms with Crippen LogP contribution in [-0.4, -0.2) is 98.9 Å². The summed E-state index contributed by atoms with van der Waals surface area (Å²) >= 11 is 0. The first-order valence-corrected chi connectivity index (χ1v) is 23.3. The fourth-order valence-corrected chi connectivity index (χ4v) is 7.40. The smallest absolute Gasteiger partial charge is 0.457 e. The van der Waals surface area contributed by atoms with Crippen molar-refractivity contribution in [2.75, 3.05) is 19.8 Å². The molecule has 0 aromatic heterocycles. The molecule has 12 nitrogen and oxygen atoms in total. The number of ether oxygens (including phenoxy) is 2. The summed E-state index contributed by atoms with van der Waals surface area (Å²) in [5, 5.41) is 50.1. The second-order valence-electron chi connectivity index (χ2n) is 15.2. The molecule has 6 N–H and O–H groups in total. The monoisotopic (exact) mass is 819 g/mol. The van der Waals surface area contributed by atoms with Gasteiger partial charge in [0.15, 0.2) is 0 Å². The Balaban J connectivity index is 2.40. The van der Waals surface area contributed by atoms with Gasteiger partial charge in [-0.05, 0) is 64.2 Å². The zero-order valence-corrected chi connectivity index (χ0v) is 35.6. The van der Waals surface area contributed by atoms with Gasteiger partial charge in [0.05, 0.1) is 13.2 Å². The van der Waals surface area contributed by atoms with Crippen molar-refractivity contribution < 1.29 is 58.3 Å². The lowest BCUT2D eigenvalue weighted by Gasteiger charge is -2.41. The molecular weight excluding hydrogens is 739 g/mol. The van der Waals surface area contributed by atoms with E-state index >= 15 is 0 Å². The van der Waals surface area contributed by atoms with Crippen LogP contribution in [0.2, 0.25) is 0 Å². The first-order chi connectivity index (χ1) is 27.0. The number of esters is 1. The molecule has 6 atom stereocenters. The molecule has 328 valence electrons. The Morgan fingerprint density at radius 3 is 1.57 bits per heavy atom. The highest BCUT2D eigenvalue weighted by Gasteiger charge is 2.51. The average Bonchev–Trinajstić information content (AvgIpc) is 3.18. The van der Waals surface area contributed by atoms with Crippen LogP contribution in [0.15, 0.2) is 36.5 Å². The van der Waals surface area contributed by atoms with Gasteiger partial charge in [-0.15, -0.1) is 0 Å². The summed E-state index contributed by atoms with van der Waals surface area (Å²) in [7, 11) is -5.02. The lowest BCUT2D eigenvalue weighted by atomic mass is 9.85. The van der Waals surface area contributed by atoms with Crippen LogP contribution in [0.1, 0.15) is 168 Å². The third kappa shape index (κ3) is 26.5. The summed E-state index contributed by atoms with van der Waals surface area (Å²) in [5.41, 5.74) is 0. The lowest BCUT2D eigenvalue weighted by Crippen LogP contribution is -2.64. The molecule has 0 saturated heterocycles. The topological polar surface area (TPSA) is 192 Å². The quantitative estimate of drug-likeness (QED) is 0.0154. The number of carbonyl (C=O) groups is 1. The summed E-state index contributed by atoms with van der Waals surface area (Å²) < 4.78 is 34.1. The Labute approximate surface area is 338 Å². The van der Waals surface area contributed by atoms with Gasteiger partial charge in [0, 0.05) is 13.0 Å². The zero-order valence-electron chi connectivity index (χ0n) is 34.7. The SMILES string of the molecule is CCCC/C=C\CCCCCCCC(=O)OC(COCCCCCCCCCC/C=C\C/C=C\CCCCC)COP(=O)(O)OC1C(O)C(O)C(O)C(O)C1O. The maximum atomic E-state index is 12.8. The normalized spacial score (nSPS) is 23.4. The highest BCUT2D eigenvalue weighted by molar-refractivity contribution is 7.47. The van der Waals surface area contributed by atoms with Crippen LogP contribution in [0.3, 0.4) is 0 Å². The van der Waals surface area contributed by atoms with Gasteiger partial charge in [0.1, 0.15) is 42.7 Å². The number of aliphatic hydroxyl groups excluding tert-OH is 5. The second-order valence-corrected chi connectivity index (χ2v) is 16.6. The molecule has 0 aromatic carbocycles. The second kappa shape index (κ2) is 34.4. The fourth-order valence-electron chi connectivity index (χ4n) is 6.42. The molecule has 56 heavy (non-hydrogen) atoms. The summed E-state index contributed by atoms with van der Waals surface area (Å²) in [4.78, 5) is 23.0. The zero-order chi connectivity index (χ0) is 41.3. The average molecular weight is 819 g/mol. The van der Waals surface area contributed by atoms with Gasteiger partial charge in [-0.1, -0.05) is 134 Å². The van der Waals surface area contributed by atoms with Crippen LogP contribution in [0.25, 0.3) is 0 Å². The van der Waals surface area contributed by atoms with Gasteiger partial charge in [0.2, 0.25) is 0 Å². The summed E-state index contributed by atoms with van der Waals surface area (Å²) in [5.74, 6) is -0.491. The maximum Gasteiger partial charge on any atom is 0.472 e. The van der Waals surface area contributed by atoms with E-state index in [0.29, 0.717) is 13.0 Å². The number of hydrogen-bond donors (Lipinski definition) is 6. The molecule has 1 rings (SSSR count). The summed E-state index contributed by atoms with van der Waals surface area (Å²) in [6, 6.07) is 0. The van der Waals surface area contributed by atoms with Gasteiger partial charge in [-0.2, -0.15) is 0 Å². The Kier molecular flexibility index (Phi) is 32.3. The molecule has 1 aliphatic carbocycles. The molecule has 0 bridgehead atoms. The van der Waals surface area contributed by atoms with Gasteiger partial charge < -0.3 is 39.9 Å². The van der Waals surface area contributed by atoms with Gasteiger partial charge >= 0.3 is 13.8 Å². The molecule has 6 unspecified atom stereocenters. The molecule has 13 heteroatoms. The number of rotatable bonds is 36. The van der Waals surface area contributed by atoms with Crippen LogP contribution in [-0.2, 0) is 27.9 Å². The standard InChI is InChI=1S/C43H79O12P/c1-3-5-7-9-11-13-15-16-17-18-19-20-21-23-25-27-29-31-33-52-34-36(54-37(44)32-30-28-26-24-22-14-12-10-8-6-4-2)35-53-56(50,51)55-43-41(48)39(46)38(45)40(47)42(43)49/h10-13,16-17,36,38-43,45-49H,3-9,14-15,18-35H2,1-2H3,(H,50,51)/b12-10-,13-11-,17-16-. The van der Waals surface area contributed by atoms with E-state index < -0.39 is 63.1 Å². The first-order valence-electron chi connectivity index (χ1n) is 21.8. The third-order valence-corrected chi connectivity index (χ3v) is 11.0. The van der Waals surface area contributed by atoms with Crippen LogP contribution in [0, 0.1) is 0 Å². The van der Waals surface area contributed by atoms with Crippen LogP contribution in [0.4, 0.5) is 0 Å². The van der Waals surface area contributed by atoms with Gasteiger partial charge in [-0.3, -0.25) is 13.8 Å². The predicted octanol–water partition coefficient (Wildman–Crippen LogP) is 8.31. The number of phosphoric ester groups is 1. The molecule has 0 spiro atoms. The molecule has 1 saturated carbocycles. The van der Waals surface area contributed by atoms with Crippen molar-refractivity contribution in [3.63, 3.8) is 0 Å². The summed E-state index contributed by atoms with van der Waals surface area (Å²) in [6.45, 7) is 4.16. The van der Waals surface area contributed by atoms with E-state index in [-0.39, 0.29) is 13.0 Å². The van der Waals surface area contributed by atoms with Crippen LogP contribution in [0.5, 0.6) is 0 Å². The summed E-state index contributed by atoms with van der Waals surface area (Å²) in [6.07, 6.45) is 26.5. The van der Waals surface area contributed by atoms with E-state index in [0.717, 1.165) is 77.0 Å². The predicted molar refractivity (Wildman–Crippen MR) is 221 cm³/mol. The first kappa shape index (κ1) is 52.6. The molecular formula is C43H79O12P. The van der Waals surface area contributed by atoms with Crippen molar-refractivity contribution in [2.24, 2.45) is 0 Å². The Morgan fingerprint density at radius 1 is 0.571 bits per heavy atom. The van der Waals surface area contributed by atoms with E-state index in [1.807, 2.05) is 0 Å². The molecule has 0 aliphatic heterocycles. The van der Waals surface area contributed by atoms with Crippen molar-refractivity contribution in [3.05, 3.63) is 36.5 Å². The van der Waals surface area contributed by atoms with E-state index in [1.165, 1.54) is 64.2 Å². The molecule has 1 fully saturated rings. The number of unbranched alkanes of at least 4 members (excludes halogenated alkanes) is 18. The minimum atomic E-state index is -5.02. The molecule has 0 aromatic rings. The number of hydrogen-bond acceptors (Lipinski definition) is 11. The van der Waals surface area contributed by atoms with Gasteiger partial charge in [0.25, 0.3) is 0 Å². The number of allylic oxidation sites excluding steroid dienone is 6. The van der Waals surface area contributed by atoms with Crippen molar-refractivity contribution in [1.29, 1.82) is 0 Å². The fraction of sp³-hybridized carbons (Fsp3) is 0.837. The number of phosphoric acid groups is 1. The molecule has 0 radical (unpaired) electrons. The van der Waals surface area contributed by atoms with E-state index in [9.17, 15) is 39.8 Å². The largest absolute Gasteiger partial charge is 0.472 e. The molecule has 0 amide bonds. The molecule has 1 aliphatic rings. The van der Waals surface area contributed by atoms with Crippen LogP contribution >= 0.6 is 7.82 Å². The lowest BCUT2D eigenvalue weighted by molar-refractivity contribution is -0.220. The Bertz CT molecular complexity index is 1070. The Morgan fingerprint density at radius 2 is 1.02 bits per heavy atom. The van der Waals surface area contributed by atoms with E-state index in [1.54, 1.807) is 0 Å². The van der Waals surface area contributed by atoms with Crippen molar-refractivity contribution in [3.8, 4) is 0 Å². The highest BCUT2D eigenvalue weighted by Crippen LogP contribution is 2.47. The number of aliphatic hydroxyl groups is 5. The third-order valence-electron chi connectivity index (χ3n) is 9.99. The van der Waals surface area contributed by atoms with Crippen LogP contribution < -0.4 is 0 Å². The highest BCUT2D eigenvalue weighted by atomic mass is 31.2.